The molecule has 7 nitrogen and oxygen atoms in total. The third-order valence-electron chi connectivity index (χ3n) is 3.94. The third-order valence-corrected chi connectivity index (χ3v) is 5.94. The van der Waals surface area contributed by atoms with Crippen LogP contribution in [-0.4, -0.2) is 36.4 Å². The van der Waals surface area contributed by atoms with Gasteiger partial charge in [0.25, 0.3) is 0 Å². The third kappa shape index (κ3) is 3.69. The Hall–Kier alpha value is -2.78. The lowest BCUT2D eigenvalue weighted by atomic mass is 10.3. The zero-order valence-electron chi connectivity index (χ0n) is 14.7. The fraction of sp³-hybridized carbons (Fsp3) is 0.167. The standard InChI is InChI=1S/C18H16N6OS2/c1-11-12(2)27-18(22-11)23-15(25)9-26-17-14-8-21-24(16(14)19-10-20-17)13-6-4-3-5-7-13/h3-8,10H,9H2,1-2H3,(H,22,23,25). The van der Waals surface area contributed by atoms with Crippen LogP contribution in [0.3, 0.4) is 0 Å². The van der Waals surface area contributed by atoms with Crippen molar-refractivity contribution in [1.29, 1.82) is 0 Å². The van der Waals surface area contributed by atoms with E-state index in [2.05, 4.69) is 25.4 Å². The summed E-state index contributed by atoms with van der Waals surface area (Å²) in [6, 6.07) is 9.79. The number of rotatable bonds is 5. The van der Waals surface area contributed by atoms with E-state index in [4.69, 9.17) is 0 Å². The Labute approximate surface area is 163 Å². The first-order valence-electron chi connectivity index (χ1n) is 8.22. The maximum Gasteiger partial charge on any atom is 0.236 e. The van der Waals surface area contributed by atoms with Crippen molar-refractivity contribution in [1.82, 2.24) is 24.7 Å². The van der Waals surface area contributed by atoms with Crippen molar-refractivity contribution < 1.29 is 4.79 Å². The monoisotopic (exact) mass is 396 g/mol. The van der Waals surface area contributed by atoms with E-state index in [1.54, 1.807) is 10.9 Å². The van der Waals surface area contributed by atoms with E-state index in [1.807, 2.05) is 44.2 Å². The molecule has 0 aliphatic heterocycles. The van der Waals surface area contributed by atoms with Crippen LogP contribution < -0.4 is 5.32 Å². The van der Waals surface area contributed by atoms with Crippen molar-refractivity contribution in [2.24, 2.45) is 0 Å². The molecule has 3 aromatic heterocycles. The average molecular weight is 397 g/mol. The van der Waals surface area contributed by atoms with Crippen molar-refractivity contribution in [2.75, 3.05) is 11.1 Å². The molecule has 1 N–H and O–H groups in total. The van der Waals surface area contributed by atoms with Gasteiger partial charge in [0.15, 0.2) is 10.8 Å². The van der Waals surface area contributed by atoms with Gasteiger partial charge >= 0.3 is 0 Å². The van der Waals surface area contributed by atoms with Crippen molar-refractivity contribution in [2.45, 2.75) is 18.9 Å². The maximum atomic E-state index is 12.2. The molecule has 0 aliphatic rings. The highest BCUT2D eigenvalue weighted by atomic mass is 32.2. The van der Waals surface area contributed by atoms with Crippen LogP contribution in [0, 0.1) is 13.8 Å². The zero-order chi connectivity index (χ0) is 18.8. The van der Waals surface area contributed by atoms with Crippen molar-refractivity contribution in [3.05, 3.63) is 53.4 Å². The topological polar surface area (TPSA) is 85.6 Å². The molecule has 3 heterocycles. The van der Waals surface area contributed by atoms with Gasteiger partial charge in [-0.3, -0.25) is 4.79 Å². The predicted molar refractivity (Wildman–Crippen MR) is 108 cm³/mol. The number of carbonyl (C=O) groups is 1. The van der Waals surface area contributed by atoms with E-state index in [0.29, 0.717) is 10.8 Å². The van der Waals surface area contributed by atoms with Gasteiger partial charge in [-0.05, 0) is 26.0 Å². The summed E-state index contributed by atoms with van der Waals surface area (Å²) in [5, 5.41) is 9.43. The van der Waals surface area contributed by atoms with Crippen LogP contribution in [0.5, 0.6) is 0 Å². The highest BCUT2D eigenvalue weighted by molar-refractivity contribution is 8.00. The number of thiazole rings is 1. The predicted octanol–water partition coefficient (Wildman–Crippen LogP) is 3.62. The minimum Gasteiger partial charge on any atom is -0.301 e. The highest BCUT2D eigenvalue weighted by Crippen LogP contribution is 2.26. The Morgan fingerprint density at radius 3 is 2.78 bits per heavy atom. The number of nitrogens with one attached hydrogen (secondary N) is 1. The van der Waals surface area contributed by atoms with E-state index in [1.165, 1.54) is 29.4 Å². The molecule has 1 aromatic carbocycles. The Balaban J connectivity index is 1.51. The first kappa shape index (κ1) is 17.6. The van der Waals surface area contributed by atoms with Crippen molar-refractivity contribution in [3.8, 4) is 5.69 Å². The van der Waals surface area contributed by atoms with E-state index >= 15 is 0 Å². The first-order chi connectivity index (χ1) is 13.1. The molecular weight excluding hydrogens is 380 g/mol. The van der Waals surface area contributed by atoms with Gasteiger partial charge < -0.3 is 5.32 Å². The number of nitrogens with zero attached hydrogens (tertiary/aromatic N) is 5. The lowest BCUT2D eigenvalue weighted by Gasteiger charge is -2.04. The van der Waals surface area contributed by atoms with Crippen LogP contribution in [0.25, 0.3) is 16.7 Å². The van der Waals surface area contributed by atoms with Gasteiger partial charge in [0.05, 0.1) is 28.7 Å². The number of carbonyl (C=O) groups excluding carboxylic acids is 1. The molecule has 0 fully saturated rings. The molecule has 0 saturated carbocycles. The first-order valence-corrected chi connectivity index (χ1v) is 10.0. The minimum atomic E-state index is -0.115. The Morgan fingerprint density at radius 2 is 2.04 bits per heavy atom. The molecule has 0 unspecified atom stereocenters. The molecule has 1 amide bonds. The summed E-state index contributed by atoms with van der Waals surface area (Å²) >= 11 is 2.83. The SMILES string of the molecule is Cc1nc(NC(=O)CSc2ncnc3c2cnn3-c2ccccc2)sc1C. The summed E-state index contributed by atoms with van der Waals surface area (Å²) in [7, 11) is 0. The van der Waals surface area contributed by atoms with E-state index in [0.717, 1.165) is 26.7 Å². The van der Waals surface area contributed by atoms with Gasteiger partial charge in [-0.1, -0.05) is 30.0 Å². The fourth-order valence-corrected chi connectivity index (χ4v) is 4.10. The second-order valence-corrected chi connectivity index (χ2v) is 7.97. The molecule has 0 bridgehead atoms. The normalized spacial score (nSPS) is 11.0. The number of fused-ring (bicyclic) bond motifs is 1. The summed E-state index contributed by atoms with van der Waals surface area (Å²) in [5.74, 6) is 0.122. The lowest BCUT2D eigenvalue weighted by molar-refractivity contribution is -0.113. The smallest absolute Gasteiger partial charge is 0.236 e. The molecule has 136 valence electrons. The van der Waals surface area contributed by atoms with E-state index in [9.17, 15) is 4.79 Å². The van der Waals surface area contributed by atoms with Gasteiger partial charge in [0.2, 0.25) is 5.91 Å². The number of hydrogen-bond acceptors (Lipinski definition) is 7. The van der Waals surface area contributed by atoms with Gasteiger partial charge in [0.1, 0.15) is 11.4 Å². The number of benzene rings is 1. The molecule has 4 rings (SSSR count). The average Bonchev–Trinajstić information content (AvgIpc) is 3.24. The summed E-state index contributed by atoms with van der Waals surface area (Å²) in [5.41, 5.74) is 2.58. The van der Waals surface area contributed by atoms with Crippen LogP contribution in [0.2, 0.25) is 0 Å². The Bertz CT molecular complexity index is 1090. The molecular formula is C18H16N6OS2. The summed E-state index contributed by atoms with van der Waals surface area (Å²) in [6.45, 7) is 3.91. The summed E-state index contributed by atoms with van der Waals surface area (Å²) in [6.07, 6.45) is 3.23. The quantitative estimate of drug-likeness (QED) is 0.410. The summed E-state index contributed by atoms with van der Waals surface area (Å²) in [4.78, 5) is 26.3. The number of aryl methyl sites for hydroxylation is 2. The number of para-hydroxylation sites is 1. The number of aromatic nitrogens is 5. The van der Waals surface area contributed by atoms with E-state index in [-0.39, 0.29) is 11.7 Å². The van der Waals surface area contributed by atoms with Gasteiger partial charge in [-0.25, -0.2) is 19.6 Å². The molecule has 0 radical (unpaired) electrons. The van der Waals surface area contributed by atoms with Crippen LogP contribution in [-0.2, 0) is 4.79 Å². The Morgan fingerprint density at radius 1 is 1.22 bits per heavy atom. The zero-order valence-corrected chi connectivity index (χ0v) is 16.3. The van der Waals surface area contributed by atoms with E-state index < -0.39 is 0 Å². The highest BCUT2D eigenvalue weighted by Gasteiger charge is 2.14. The van der Waals surface area contributed by atoms with Crippen LogP contribution >= 0.6 is 23.1 Å². The maximum absolute atomic E-state index is 12.2. The molecule has 27 heavy (non-hydrogen) atoms. The number of amides is 1. The van der Waals surface area contributed by atoms with Gasteiger partial charge in [0, 0.05) is 4.88 Å². The molecule has 0 aliphatic carbocycles. The largest absolute Gasteiger partial charge is 0.301 e. The lowest BCUT2D eigenvalue weighted by Crippen LogP contribution is -2.14. The molecule has 0 atom stereocenters. The van der Waals surface area contributed by atoms with Crippen LogP contribution in [0.4, 0.5) is 5.13 Å². The fourth-order valence-electron chi connectivity index (χ4n) is 2.51. The number of thioether (sulfide) groups is 1. The van der Waals surface area contributed by atoms with Crippen molar-refractivity contribution in [3.63, 3.8) is 0 Å². The molecule has 9 heteroatoms. The molecule has 0 spiro atoms. The van der Waals surface area contributed by atoms with Gasteiger partial charge in [-0.2, -0.15) is 5.10 Å². The summed E-state index contributed by atoms with van der Waals surface area (Å²) < 4.78 is 1.77. The molecule has 4 aromatic rings. The minimum absolute atomic E-state index is 0.115. The number of hydrogen-bond donors (Lipinski definition) is 1. The Kier molecular flexibility index (Phi) is 4.87. The van der Waals surface area contributed by atoms with Crippen LogP contribution in [0.1, 0.15) is 10.6 Å². The second kappa shape index (κ2) is 7.45. The molecule has 0 saturated heterocycles. The van der Waals surface area contributed by atoms with Crippen molar-refractivity contribution >= 4 is 45.2 Å². The van der Waals surface area contributed by atoms with Gasteiger partial charge in [-0.15, -0.1) is 11.3 Å². The van der Waals surface area contributed by atoms with Crippen LogP contribution in [0.15, 0.2) is 47.9 Å². The second-order valence-electron chi connectivity index (χ2n) is 5.81. The number of anilines is 1.